The van der Waals surface area contributed by atoms with E-state index in [1.807, 2.05) is 31.4 Å². The van der Waals surface area contributed by atoms with Crippen LogP contribution in [0.2, 0.25) is 0 Å². The van der Waals surface area contributed by atoms with Crippen molar-refractivity contribution in [3.05, 3.63) is 29.5 Å². The Labute approximate surface area is 143 Å². The highest BCUT2D eigenvalue weighted by Gasteiger charge is 2.28. The minimum atomic E-state index is 0.464. The predicted octanol–water partition coefficient (Wildman–Crippen LogP) is 2.53. The van der Waals surface area contributed by atoms with Gasteiger partial charge in [0.1, 0.15) is 11.6 Å². The van der Waals surface area contributed by atoms with Crippen LogP contribution in [0.5, 0.6) is 0 Å². The molecule has 0 radical (unpaired) electrons. The monoisotopic (exact) mass is 326 g/mol. The lowest BCUT2D eigenvalue weighted by atomic mass is 9.93. The number of hydrogen-bond acceptors (Lipinski definition) is 5. The standard InChI is InChI=1S/C18H26N6/c1-23(2)18-21-15-8-4-3-7-14(15)17(22-18)24-11-5-6-13(12-24)16-19-9-10-20-16/h9-10,13H,3-8,11-12H2,1-2H3,(H,19,20)/t13-/m0/s1. The van der Waals surface area contributed by atoms with E-state index in [4.69, 9.17) is 9.97 Å². The van der Waals surface area contributed by atoms with Gasteiger partial charge in [0, 0.05) is 51.1 Å². The summed E-state index contributed by atoms with van der Waals surface area (Å²) in [5.74, 6) is 3.58. The number of hydrogen-bond donors (Lipinski definition) is 1. The zero-order chi connectivity index (χ0) is 16.5. The fourth-order valence-electron chi connectivity index (χ4n) is 3.92. The van der Waals surface area contributed by atoms with Crippen molar-refractivity contribution in [3.63, 3.8) is 0 Å². The van der Waals surface area contributed by atoms with Gasteiger partial charge in [0.15, 0.2) is 0 Å². The van der Waals surface area contributed by atoms with Crippen LogP contribution < -0.4 is 9.80 Å². The van der Waals surface area contributed by atoms with Crippen LogP contribution in [0.1, 0.15) is 48.7 Å². The molecule has 6 heteroatoms. The van der Waals surface area contributed by atoms with Gasteiger partial charge in [-0.25, -0.2) is 9.97 Å². The fraction of sp³-hybridized carbons (Fsp3) is 0.611. The maximum atomic E-state index is 4.94. The Hall–Kier alpha value is -2.11. The molecular formula is C18H26N6. The third kappa shape index (κ3) is 2.85. The summed E-state index contributed by atoms with van der Waals surface area (Å²) in [5, 5.41) is 0. The molecule has 1 N–H and O–H groups in total. The number of rotatable bonds is 3. The molecule has 3 heterocycles. The molecule has 0 saturated carbocycles. The third-order valence-electron chi connectivity index (χ3n) is 5.18. The highest BCUT2D eigenvalue weighted by molar-refractivity contribution is 5.54. The van der Waals surface area contributed by atoms with E-state index >= 15 is 0 Å². The normalized spacial score (nSPS) is 20.8. The van der Waals surface area contributed by atoms with Crippen molar-refractivity contribution in [2.75, 3.05) is 37.0 Å². The van der Waals surface area contributed by atoms with Gasteiger partial charge in [-0.3, -0.25) is 0 Å². The first kappa shape index (κ1) is 15.4. The van der Waals surface area contributed by atoms with Crippen LogP contribution in [0.15, 0.2) is 12.4 Å². The van der Waals surface area contributed by atoms with Crippen LogP contribution in [-0.2, 0) is 12.8 Å². The van der Waals surface area contributed by atoms with Gasteiger partial charge in [-0.1, -0.05) is 0 Å². The molecule has 128 valence electrons. The van der Waals surface area contributed by atoms with E-state index in [2.05, 4.69) is 14.9 Å². The van der Waals surface area contributed by atoms with E-state index in [0.717, 1.165) is 37.7 Å². The van der Waals surface area contributed by atoms with Gasteiger partial charge >= 0.3 is 0 Å². The quantitative estimate of drug-likeness (QED) is 0.939. The van der Waals surface area contributed by atoms with E-state index < -0.39 is 0 Å². The Bertz CT molecular complexity index is 694. The number of imidazole rings is 1. The number of nitrogens with zero attached hydrogens (tertiary/aromatic N) is 5. The SMILES string of the molecule is CN(C)c1nc2c(c(N3CCC[C@H](c4ncc[nH]4)C3)n1)CCCC2. The molecule has 24 heavy (non-hydrogen) atoms. The zero-order valence-electron chi connectivity index (χ0n) is 14.6. The molecule has 0 bridgehead atoms. The minimum Gasteiger partial charge on any atom is -0.355 e. The van der Waals surface area contributed by atoms with Gasteiger partial charge in [-0.2, -0.15) is 4.98 Å². The number of H-pyrrole nitrogens is 1. The number of nitrogens with one attached hydrogen (secondary N) is 1. The summed E-state index contributed by atoms with van der Waals surface area (Å²) in [6.07, 6.45) is 10.8. The number of fused-ring (bicyclic) bond motifs is 1. The number of piperidine rings is 1. The molecule has 2 aromatic rings. The van der Waals surface area contributed by atoms with Crippen LogP contribution in [0, 0.1) is 0 Å². The average molecular weight is 326 g/mol. The van der Waals surface area contributed by atoms with Crippen molar-refractivity contribution in [1.29, 1.82) is 0 Å². The Morgan fingerprint density at radius 3 is 2.83 bits per heavy atom. The maximum Gasteiger partial charge on any atom is 0.227 e. The van der Waals surface area contributed by atoms with E-state index in [1.165, 1.54) is 42.8 Å². The van der Waals surface area contributed by atoms with Crippen LogP contribution in [0.3, 0.4) is 0 Å². The van der Waals surface area contributed by atoms with Crippen molar-refractivity contribution in [2.45, 2.75) is 44.4 Å². The van der Waals surface area contributed by atoms with Crippen LogP contribution in [0.4, 0.5) is 11.8 Å². The molecule has 1 fully saturated rings. The van der Waals surface area contributed by atoms with Crippen molar-refractivity contribution in [2.24, 2.45) is 0 Å². The molecule has 1 saturated heterocycles. The average Bonchev–Trinajstić information content (AvgIpc) is 3.15. The second kappa shape index (κ2) is 6.42. The van der Waals surface area contributed by atoms with Crippen LogP contribution in [-0.4, -0.2) is 47.1 Å². The van der Waals surface area contributed by atoms with Gasteiger partial charge < -0.3 is 14.8 Å². The molecule has 0 aromatic carbocycles. The summed E-state index contributed by atoms with van der Waals surface area (Å²) in [7, 11) is 4.05. The fourth-order valence-corrected chi connectivity index (χ4v) is 3.92. The highest BCUT2D eigenvalue weighted by Crippen LogP contribution is 2.33. The van der Waals surface area contributed by atoms with Crippen molar-refractivity contribution in [1.82, 2.24) is 19.9 Å². The lowest BCUT2D eigenvalue weighted by Crippen LogP contribution is -2.37. The Morgan fingerprint density at radius 2 is 2.04 bits per heavy atom. The summed E-state index contributed by atoms with van der Waals surface area (Å²) in [6.45, 7) is 2.07. The number of aryl methyl sites for hydroxylation is 1. The number of anilines is 2. The molecule has 4 rings (SSSR count). The van der Waals surface area contributed by atoms with Gasteiger partial charge in [-0.05, 0) is 38.5 Å². The van der Waals surface area contributed by atoms with Crippen molar-refractivity contribution < 1.29 is 0 Å². The molecule has 1 atom stereocenters. The molecule has 6 nitrogen and oxygen atoms in total. The molecular weight excluding hydrogens is 300 g/mol. The Balaban J connectivity index is 1.68. The summed E-state index contributed by atoms with van der Waals surface area (Å²) >= 11 is 0. The van der Waals surface area contributed by atoms with Gasteiger partial charge in [-0.15, -0.1) is 0 Å². The summed E-state index contributed by atoms with van der Waals surface area (Å²) < 4.78 is 0. The summed E-state index contributed by atoms with van der Waals surface area (Å²) in [6, 6.07) is 0. The Morgan fingerprint density at radius 1 is 1.17 bits per heavy atom. The third-order valence-corrected chi connectivity index (χ3v) is 5.18. The van der Waals surface area contributed by atoms with E-state index in [-0.39, 0.29) is 0 Å². The molecule has 1 aliphatic carbocycles. The molecule has 2 aromatic heterocycles. The number of aromatic nitrogens is 4. The first-order chi connectivity index (χ1) is 11.7. The second-order valence-corrected chi connectivity index (χ2v) is 7.13. The molecule has 0 spiro atoms. The van der Waals surface area contributed by atoms with E-state index in [9.17, 15) is 0 Å². The lowest BCUT2D eigenvalue weighted by molar-refractivity contribution is 0.488. The summed E-state index contributed by atoms with van der Waals surface area (Å²) in [4.78, 5) is 22.0. The number of aromatic amines is 1. The maximum absolute atomic E-state index is 4.94. The predicted molar refractivity (Wildman–Crippen MR) is 95.8 cm³/mol. The molecule has 1 aliphatic heterocycles. The van der Waals surface area contributed by atoms with Gasteiger partial charge in [0.05, 0.1) is 5.69 Å². The molecule has 0 unspecified atom stereocenters. The highest BCUT2D eigenvalue weighted by atomic mass is 15.3. The van der Waals surface area contributed by atoms with Crippen molar-refractivity contribution in [3.8, 4) is 0 Å². The van der Waals surface area contributed by atoms with Gasteiger partial charge in [0.25, 0.3) is 0 Å². The van der Waals surface area contributed by atoms with Gasteiger partial charge in [0.2, 0.25) is 5.95 Å². The molecule has 2 aliphatic rings. The van der Waals surface area contributed by atoms with E-state index in [1.54, 1.807) is 0 Å². The second-order valence-electron chi connectivity index (χ2n) is 7.13. The van der Waals surface area contributed by atoms with Crippen molar-refractivity contribution >= 4 is 11.8 Å². The molecule has 0 amide bonds. The minimum absolute atomic E-state index is 0.464. The van der Waals surface area contributed by atoms with Crippen LogP contribution in [0.25, 0.3) is 0 Å². The zero-order valence-corrected chi connectivity index (χ0v) is 14.6. The lowest BCUT2D eigenvalue weighted by Gasteiger charge is -2.35. The Kier molecular flexibility index (Phi) is 4.12. The largest absolute Gasteiger partial charge is 0.355 e. The smallest absolute Gasteiger partial charge is 0.227 e. The first-order valence-corrected chi connectivity index (χ1v) is 9.03. The first-order valence-electron chi connectivity index (χ1n) is 9.03. The van der Waals surface area contributed by atoms with E-state index in [0.29, 0.717) is 5.92 Å². The summed E-state index contributed by atoms with van der Waals surface area (Å²) in [5.41, 5.74) is 2.64. The van der Waals surface area contributed by atoms with Crippen LogP contribution >= 0.6 is 0 Å². The topological polar surface area (TPSA) is 60.9 Å².